The molecular weight excluding hydrogens is 368 g/mol. The van der Waals surface area contributed by atoms with Gasteiger partial charge in [-0.05, 0) is 57.2 Å². The van der Waals surface area contributed by atoms with Crippen molar-refractivity contribution in [3.63, 3.8) is 0 Å². The lowest BCUT2D eigenvalue weighted by Crippen LogP contribution is -2.51. The first-order valence-corrected chi connectivity index (χ1v) is 11.1. The van der Waals surface area contributed by atoms with E-state index in [0.29, 0.717) is 18.4 Å². The molecule has 1 fully saturated rings. The minimum absolute atomic E-state index is 0.254. The molecule has 27 heavy (non-hydrogen) atoms. The van der Waals surface area contributed by atoms with E-state index in [1.165, 1.54) is 31.2 Å². The molecular formula is C20H28O6S. The number of carbonyl (C=O) groups excluding carboxylic acids is 2. The standard InChI is InChI=1S/C20H28O6S/c1-4-16-10-12-18(13-11-16)27(23,24,25)14-20(3,15(2)21)19(22)26-17-8-6-5-7-9-17/h4,10-13,17H,1,5-9,14H2,2-3H3,(H2,23,24,25). The van der Waals surface area contributed by atoms with Gasteiger partial charge in [-0.15, -0.1) is 0 Å². The molecule has 0 saturated heterocycles. The lowest BCUT2D eigenvalue weighted by Gasteiger charge is -2.38. The second-order valence-electron chi connectivity index (χ2n) is 7.49. The monoisotopic (exact) mass is 396 g/mol. The molecule has 0 heterocycles. The van der Waals surface area contributed by atoms with Crippen LogP contribution in [-0.4, -0.2) is 36.9 Å². The summed E-state index contributed by atoms with van der Waals surface area (Å²) < 4.78 is 39.6. The minimum atomic E-state index is -5.45. The summed E-state index contributed by atoms with van der Waals surface area (Å²) in [6.07, 6.45) is 5.61. The van der Waals surface area contributed by atoms with E-state index in [4.69, 9.17) is 4.74 Å². The molecule has 1 saturated carbocycles. The van der Waals surface area contributed by atoms with Crippen molar-refractivity contribution < 1.29 is 27.6 Å². The molecule has 0 aromatic heterocycles. The number of ketones is 1. The summed E-state index contributed by atoms with van der Waals surface area (Å²) in [6, 6.07) is 5.62. The Bertz CT molecular complexity index is 785. The molecule has 0 amide bonds. The van der Waals surface area contributed by atoms with E-state index in [1.54, 1.807) is 6.08 Å². The highest BCUT2D eigenvalue weighted by Crippen LogP contribution is 2.38. The maximum atomic E-state index is 13.0. The van der Waals surface area contributed by atoms with Crippen molar-refractivity contribution in [2.75, 3.05) is 5.75 Å². The summed E-state index contributed by atoms with van der Waals surface area (Å²) in [6.45, 7) is 6.01. The quantitative estimate of drug-likeness (QED) is 0.535. The van der Waals surface area contributed by atoms with E-state index in [2.05, 4.69) is 6.58 Å². The first kappa shape index (κ1) is 21.5. The number of rotatable bonds is 7. The summed E-state index contributed by atoms with van der Waals surface area (Å²) in [5.41, 5.74) is -1.23. The molecule has 2 N–H and O–H groups in total. The van der Waals surface area contributed by atoms with E-state index in [0.717, 1.165) is 26.2 Å². The van der Waals surface area contributed by atoms with Gasteiger partial charge in [0.1, 0.15) is 26.9 Å². The summed E-state index contributed by atoms with van der Waals surface area (Å²) in [7, 11) is -5.45. The number of esters is 1. The number of hydrogen-bond donors (Lipinski definition) is 2. The lowest BCUT2D eigenvalue weighted by atomic mass is 9.88. The largest absolute Gasteiger partial charge is 0.462 e. The maximum Gasteiger partial charge on any atom is 0.320 e. The summed E-state index contributed by atoms with van der Waals surface area (Å²) >= 11 is 0. The van der Waals surface area contributed by atoms with Crippen molar-refractivity contribution in [1.29, 1.82) is 0 Å². The van der Waals surface area contributed by atoms with Gasteiger partial charge in [-0.1, -0.05) is 31.2 Å². The maximum absolute atomic E-state index is 13.0. The fourth-order valence-corrected chi connectivity index (χ4v) is 5.46. The Morgan fingerprint density at radius 3 is 2.26 bits per heavy atom. The fraction of sp³-hybridized carbons (Fsp3) is 0.500. The van der Waals surface area contributed by atoms with Crippen LogP contribution in [0.25, 0.3) is 6.08 Å². The van der Waals surface area contributed by atoms with Gasteiger partial charge >= 0.3 is 5.97 Å². The van der Waals surface area contributed by atoms with E-state index in [-0.39, 0.29) is 11.0 Å². The molecule has 2 rings (SSSR count). The van der Waals surface area contributed by atoms with Crippen molar-refractivity contribution in [2.24, 2.45) is 5.41 Å². The summed E-state index contributed by atoms with van der Waals surface area (Å²) in [5, 5.41) is 0. The second kappa shape index (κ2) is 7.66. The Balaban J connectivity index is 2.30. The predicted octanol–water partition coefficient (Wildman–Crippen LogP) is 3.93. The van der Waals surface area contributed by atoms with Gasteiger partial charge in [-0.3, -0.25) is 9.59 Å². The van der Waals surface area contributed by atoms with Gasteiger partial charge in [0.05, 0.1) is 10.6 Å². The molecule has 1 aromatic rings. The fourth-order valence-electron chi connectivity index (χ4n) is 3.25. The van der Waals surface area contributed by atoms with Gasteiger partial charge < -0.3 is 13.8 Å². The third-order valence-corrected chi connectivity index (χ3v) is 7.51. The van der Waals surface area contributed by atoms with Crippen molar-refractivity contribution in [1.82, 2.24) is 0 Å². The Morgan fingerprint density at radius 1 is 1.22 bits per heavy atom. The molecule has 0 aliphatic heterocycles. The predicted molar refractivity (Wildman–Crippen MR) is 105 cm³/mol. The van der Waals surface area contributed by atoms with Crippen molar-refractivity contribution >= 4 is 27.5 Å². The van der Waals surface area contributed by atoms with E-state index in [1.807, 2.05) is 0 Å². The SMILES string of the molecule is C=Cc1ccc(S(=O)(O)(O)CC(C)(C(C)=O)C(=O)OC2CCCCC2)cc1. The summed E-state index contributed by atoms with van der Waals surface area (Å²) in [5.74, 6) is -2.45. The van der Waals surface area contributed by atoms with Gasteiger partial charge in [-0.2, -0.15) is 0 Å². The van der Waals surface area contributed by atoms with Crippen LogP contribution in [0.5, 0.6) is 0 Å². The zero-order valence-electron chi connectivity index (χ0n) is 15.8. The van der Waals surface area contributed by atoms with Gasteiger partial charge in [0, 0.05) is 0 Å². The van der Waals surface area contributed by atoms with Crippen LogP contribution < -0.4 is 0 Å². The number of hydrogen-bond acceptors (Lipinski definition) is 4. The molecule has 1 aliphatic carbocycles. The van der Waals surface area contributed by atoms with Crippen molar-refractivity contribution in [2.45, 2.75) is 57.0 Å². The first-order valence-electron chi connectivity index (χ1n) is 9.06. The van der Waals surface area contributed by atoms with Crippen LogP contribution >= 0.6 is 0 Å². The average Bonchev–Trinajstić information content (AvgIpc) is 2.61. The summed E-state index contributed by atoms with van der Waals surface area (Å²) in [4.78, 5) is 24.7. The molecule has 0 bridgehead atoms. The van der Waals surface area contributed by atoms with Crippen LogP contribution in [0, 0.1) is 5.41 Å². The smallest absolute Gasteiger partial charge is 0.320 e. The highest BCUT2D eigenvalue weighted by molar-refractivity contribution is 8.10. The van der Waals surface area contributed by atoms with Gasteiger partial charge in [0.2, 0.25) is 0 Å². The van der Waals surface area contributed by atoms with Gasteiger partial charge in [0.15, 0.2) is 0 Å². The van der Waals surface area contributed by atoms with E-state index < -0.39 is 32.5 Å². The molecule has 7 heteroatoms. The molecule has 150 valence electrons. The first-order chi connectivity index (χ1) is 12.5. The molecule has 0 spiro atoms. The average molecular weight is 397 g/mol. The Morgan fingerprint density at radius 2 is 1.78 bits per heavy atom. The molecule has 0 radical (unpaired) electrons. The van der Waals surface area contributed by atoms with Crippen LogP contribution in [0.3, 0.4) is 0 Å². The number of ether oxygens (including phenoxy) is 1. The normalized spacial score (nSPS) is 19.3. The third kappa shape index (κ3) is 4.91. The van der Waals surface area contributed by atoms with Gasteiger partial charge in [-0.25, -0.2) is 4.21 Å². The minimum Gasteiger partial charge on any atom is -0.462 e. The van der Waals surface area contributed by atoms with Crippen LogP contribution in [-0.2, 0) is 24.0 Å². The lowest BCUT2D eigenvalue weighted by molar-refractivity contribution is -0.163. The zero-order chi connectivity index (χ0) is 20.3. The molecule has 1 unspecified atom stereocenters. The van der Waals surface area contributed by atoms with Crippen LogP contribution in [0.2, 0.25) is 0 Å². The number of Topliss-reactive ketones (excluding diaryl/α,β-unsaturated/α-hetero) is 1. The number of benzene rings is 1. The Kier molecular flexibility index (Phi) is 6.09. The van der Waals surface area contributed by atoms with E-state index >= 15 is 0 Å². The highest BCUT2D eigenvalue weighted by Gasteiger charge is 2.50. The van der Waals surface area contributed by atoms with Crippen molar-refractivity contribution in [3.05, 3.63) is 36.4 Å². The third-order valence-electron chi connectivity index (χ3n) is 5.19. The zero-order valence-corrected chi connectivity index (χ0v) is 16.7. The molecule has 6 nitrogen and oxygen atoms in total. The topological polar surface area (TPSA) is 101 Å². The highest BCUT2D eigenvalue weighted by atomic mass is 32.3. The molecule has 1 aromatic carbocycles. The van der Waals surface area contributed by atoms with E-state index in [9.17, 15) is 22.9 Å². The Hall–Kier alpha value is -1.83. The number of carbonyl (C=O) groups is 2. The molecule has 1 atom stereocenters. The molecule has 1 aliphatic rings. The van der Waals surface area contributed by atoms with Crippen LogP contribution in [0.1, 0.15) is 51.5 Å². The second-order valence-corrected chi connectivity index (χ2v) is 10.3. The van der Waals surface area contributed by atoms with Crippen molar-refractivity contribution in [3.8, 4) is 0 Å². The Labute approximate surface area is 160 Å². The van der Waals surface area contributed by atoms with Gasteiger partial charge in [0.25, 0.3) is 0 Å². The van der Waals surface area contributed by atoms with Crippen LogP contribution in [0.15, 0.2) is 35.7 Å². The van der Waals surface area contributed by atoms with Crippen LogP contribution in [0.4, 0.5) is 0 Å².